The summed E-state index contributed by atoms with van der Waals surface area (Å²) in [6, 6.07) is 2.04. The smallest absolute Gasteiger partial charge is 0.140 e. The molecule has 1 heterocycles. The largest absolute Gasteiger partial charge is 0.378 e. The highest BCUT2D eigenvalue weighted by Gasteiger charge is 2.00. The quantitative estimate of drug-likeness (QED) is 0.783. The lowest BCUT2D eigenvalue weighted by molar-refractivity contribution is 0.126. The van der Waals surface area contributed by atoms with Gasteiger partial charge in [-0.3, -0.25) is 0 Å². The molecule has 0 saturated carbocycles. The minimum Gasteiger partial charge on any atom is -0.378 e. The van der Waals surface area contributed by atoms with Crippen molar-refractivity contribution in [3.8, 4) is 0 Å². The lowest BCUT2D eigenvalue weighted by Gasteiger charge is -2.11. The van der Waals surface area contributed by atoms with Gasteiger partial charge >= 0.3 is 0 Å². The van der Waals surface area contributed by atoms with Gasteiger partial charge in [0.2, 0.25) is 0 Å². The Balaban J connectivity index is 2.18. The molecule has 0 aliphatic rings. The van der Waals surface area contributed by atoms with Crippen molar-refractivity contribution in [2.75, 3.05) is 45.7 Å². The second-order valence-corrected chi connectivity index (χ2v) is 5.04. The van der Waals surface area contributed by atoms with Crippen LogP contribution in [0.5, 0.6) is 0 Å². The van der Waals surface area contributed by atoms with Crippen LogP contribution in [0.25, 0.3) is 0 Å². The van der Waals surface area contributed by atoms with E-state index >= 15 is 0 Å². The SMILES string of the molecule is Cc1cnc(NCCOCCN(C)C)c(Br)c1. The molecule has 0 unspecified atom stereocenters. The number of anilines is 1. The molecule has 0 aliphatic heterocycles. The number of aryl methyl sites for hydroxylation is 1. The summed E-state index contributed by atoms with van der Waals surface area (Å²) < 4.78 is 6.47. The Bertz CT molecular complexity index is 345. The highest BCUT2D eigenvalue weighted by molar-refractivity contribution is 9.10. The molecule has 0 radical (unpaired) electrons. The van der Waals surface area contributed by atoms with Crippen molar-refractivity contribution < 1.29 is 4.74 Å². The summed E-state index contributed by atoms with van der Waals surface area (Å²) in [5, 5.41) is 3.23. The Hall–Kier alpha value is -0.650. The molecule has 0 amide bonds. The second kappa shape index (κ2) is 7.63. The normalized spacial score (nSPS) is 10.9. The zero-order chi connectivity index (χ0) is 12.7. The number of hydrogen-bond acceptors (Lipinski definition) is 4. The number of pyridine rings is 1. The summed E-state index contributed by atoms with van der Waals surface area (Å²) in [5.74, 6) is 0.867. The number of hydrogen-bond donors (Lipinski definition) is 1. The number of nitrogens with one attached hydrogen (secondary N) is 1. The van der Waals surface area contributed by atoms with Gasteiger partial charge in [0.1, 0.15) is 5.82 Å². The molecule has 1 N–H and O–H groups in total. The topological polar surface area (TPSA) is 37.4 Å². The van der Waals surface area contributed by atoms with Crippen LogP contribution in [0.15, 0.2) is 16.7 Å². The first kappa shape index (κ1) is 14.4. The van der Waals surface area contributed by atoms with Gasteiger partial charge in [0, 0.05) is 19.3 Å². The number of aromatic nitrogens is 1. The maximum absolute atomic E-state index is 5.48. The van der Waals surface area contributed by atoms with Gasteiger partial charge < -0.3 is 15.0 Å². The molecule has 0 bridgehead atoms. The van der Waals surface area contributed by atoms with Crippen LogP contribution in [0.2, 0.25) is 0 Å². The molecule has 0 spiro atoms. The van der Waals surface area contributed by atoms with Gasteiger partial charge in [0.15, 0.2) is 0 Å². The maximum atomic E-state index is 5.48. The Morgan fingerprint density at radius 2 is 2.18 bits per heavy atom. The minimum atomic E-state index is 0.690. The standard InChI is InChI=1S/C12H20BrN3O/c1-10-8-11(13)12(15-9-10)14-4-6-17-7-5-16(2)3/h8-9H,4-7H2,1-3H3,(H,14,15). The van der Waals surface area contributed by atoms with E-state index in [4.69, 9.17) is 4.74 Å². The Kier molecular flexibility index (Phi) is 6.47. The van der Waals surface area contributed by atoms with Gasteiger partial charge in [0.05, 0.1) is 17.7 Å². The van der Waals surface area contributed by atoms with Crippen molar-refractivity contribution in [1.29, 1.82) is 0 Å². The van der Waals surface area contributed by atoms with Crippen LogP contribution < -0.4 is 5.32 Å². The third-order valence-electron chi connectivity index (χ3n) is 2.20. The fourth-order valence-electron chi connectivity index (χ4n) is 1.25. The average molecular weight is 302 g/mol. The van der Waals surface area contributed by atoms with E-state index in [2.05, 4.69) is 31.1 Å². The molecule has 0 saturated heterocycles. The van der Waals surface area contributed by atoms with Gasteiger partial charge in [-0.05, 0) is 48.6 Å². The molecule has 5 heteroatoms. The van der Waals surface area contributed by atoms with E-state index in [1.807, 2.05) is 33.3 Å². The van der Waals surface area contributed by atoms with Gasteiger partial charge in [-0.25, -0.2) is 4.98 Å². The van der Waals surface area contributed by atoms with Gasteiger partial charge in [0.25, 0.3) is 0 Å². The maximum Gasteiger partial charge on any atom is 0.140 e. The molecular weight excluding hydrogens is 282 g/mol. The summed E-state index contributed by atoms with van der Waals surface area (Å²) in [7, 11) is 4.07. The Morgan fingerprint density at radius 1 is 1.41 bits per heavy atom. The summed E-state index contributed by atoms with van der Waals surface area (Å²) in [5.41, 5.74) is 1.14. The Morgan fingerprint density at radius 3 is 2.82 bits per heavy atom. The molecule has 1 aromatic rings. The fraction of sp³-hybridized carbons (Fsp3) is 0.583. The van der Waals surface area contributed by atoms with E-state index in [1.165, 1.54) is 0 Å². The second-order valence-electron chi connectivity index (χ2n) is 4.19. The van der Waals surface area contributed by atoms with Crippen molar-refractivity contribution in [2.45, 2.75) is 6.92 Å². The summed E-state index contributed by atoms with van der Waals surface area (Å²) in [6.45, 7) is 5.19. The molecule has 0 aliphatic carbocycles. The molecule has 1 aromatic heterocycles. The first-order valence-electron chi connectivity index (χ1n) is 5.68. The predicted molar refractivity (Wildman–Crippen MR) is 74.5 cm³/mol. The number of rotatable bonds is 7. The van der Waals surface area contributed by atoms with Gasteiger partial charge in [-0.1, -0.05) is 0 Å². The predicted octanol–water partition coefficient (Wildman–Crippen LogP) is 2.14. The summed E-state index contributed by atoms with van der Waals surface area (Å²) in [6.07, 6.45) is 1.85. The van der Waals surface area contributed by atoms with Crippen molar-refractivity contribution >= 4 is 21.7 Å². The van der Waals surface area contributed by atoms with Crippen molar-refractivity contribution in [2.24, 2.45) is 0 Å². The molecule has 0 atom stereocenters. The minimum absolute atomic E-state index is 0.690. The van der Waals surface area contributed by atoms with Crippen LogP contribution in [-0.4, -0.2) is 50.3 Å². The first-order valence-corrected chi connectivity index (χ1v) is 6.47. The van der Waals surface area contributed by atoms with Crippen molar-refractivity contribution in [3.05, 3.63) is 22.3 Å². The van der Waals surface area contributed by atoms with E-state index in [9.17, 15) is 0 Å². The number of nitrogens with zero attached hydrogens (tertiary/aromatic N) is 2. The van der Waals surface area contributed by atoms with E-state index in [0.29, 0.717) is 6.61 Å². The fourth-order valence-corrected chi connectivity index (χ4v) is 1.86. The zero-order valence-corrected chi connectivity index (χ0v) is 12.2. The molecule has 0 aromatic carbocycles. The number of halogens is 1. The van der Waals surface area contributed by atoms with Gasteiger partial charge in [-0.15, -0.1) is 0 Å². The van der Waals surface area contributed by atoms with E-state index in [0.717, 1.165) is 35.6 Å². The van der Waals surface area contributed by atoms with E-state index < -0.39 is 0 Å². The zero-order valence-electron chi connectivity index (χ0n) is 10.7. The third kappa shape index (κ3) is 6.00. The molecular formula is C12H20BrN3O. The lowest BCUT2D eigenvalue weighted by atomic mass is 10.3. The average Bonchev–Trinajstić information content (AvgIpc) is 2.25. The van der Waals surface area contributed by atoms with E-state index in [-0.39, 0.29) is 0 Å². The molecule has 1 rings (SSSR count). The van der Waals surface area contributed by atoms with Crippen LogP contribution in [0.3, 0.4) is 0 Å². The summed E-state index contributed by atoms with van der Waals surface area (Å²) >= 11 is 3.48. The van der Waals surface area contributed by atoms with Crippen molar-refractivity contribution in [3.63, 3.8) is 0 Å². The van der Waals surface area contributed by atoms with Crippen LogP contribution in [0.4, 0.5) is 5.82 Å². The first-order chi connectivity index (χ1) is 8.09. The number of likely N-dealkylation sites (N-methyl/N-ethyl adjacent to an activating group) is 1. The van der Waals surface area contributed by atoms with Crippen LogP contribution in [-0.2, 0) is 4.74 Å². The highest BCUT2D eigenvalue weighted by Crippen LogP contribution is 2.19. The van der Waals surface area contributed by atoms with Crippen LogP contribution >= 0.6 is 15.9 Å². The monoisotopic (exact) mass is 301 g/mol. The Labute approximate surface area is 111 Å². The molecule has 4 nitrogen and oxygen atoms in total. The third-order valence-corrected chi connectivity index (χ3v) is 2.80. The molecule has 17 heavy (non-hydrogen) atoms. The lowest BCUT2D eigenvalue weighted by Crippen LogP contribution is -2.20. The van der Waals surface area contributed by atoms with Crippen molar-refractivity contribution in [1.82, 2.24) is 9.88 Å². The number of ether oxygens (including phenoxy) is 1. The van der Waals surface area contributed by atoms with Crippen LogP contribution in [0, 0.1) is 6.92 Å². The molecule has 96 valence electrons. The van der Waals surface area contributed by atoms with E-state index in [1.54, 1.807) is 0 Å². The summed E-state index contributed by atoms with van der Waals surface area (Å²) in [4.78, 5) is 6.40. The van der Waals surface area contributed by atoms with Crippen LogP contribution in [0.1, 0.15) is 5.56 Å². The highest BCUT2D eigenvalue weighted by atomic mass is 79.9. The molecule has 0 fully saturated rings. The van der Waals surface area contributed by atoms with Gasteiger partial charge in [-0.2, -0.15) is 0 Å².